The van der Waals surface area contributed by atoms with Gasteiger partial charge in [0.15, 0.2) is 0 Å². The Balaban J connectivity index is 2.20. The molecular weight excluding hydrogens is 332 g/mol. The molecule has 0 atom stereocenters. The number of methoxy groups -OCH3 is 1. The van der Waals surface area contributed by atoms with Crippen LogP contribution in [-0.4, -0.2) is 16.7 Å². The highest BCUT2D eigenvalue weighted by molar-refractivity contribution is 9.10. The highest BCUT2D eigenvalue weighted by Gasteiger charge is 2.08. The molecule has 0 amide bonds. The highest BCUT2D eigenvalue weighted by Crippen LogP contribution is 2.29. The van der Waals surface area contributed by atoms with Gasteiger partial charge in [-0.2, -0.15) is 0 Å². The standard InChI is InChI=1S/C16H13BrN2O2/c1-21-15-8-14-12(7-13(15)17)4-5-16(20)19(14)10-11-3-2-6-18-9-11/h2-9H,10H2,1H3. The minimum atomic E-state index is -0.0456. The molecule has 1 aromatic carbocycles. The molecule has 0 aliphatic rings. The van der Waals surface area contributed by atoms with Crippen molar-refractivity contribution < 1.29 is 4.74 Å². The number of halogens is 1. The van der Waals surface area contributed by atoms with E-state index in [9.17, 15) is 4.79 Å². The summed E-state index contributed by atoms with van der Waals surface area (Å²) in [5.74, 6) is 0.702. The van der Waals surface area contributed by atoms with Crippen LogP contribution in [0.15, 0.2) is 58.1 Å². The molecule has 2 heterocycles. The Morgan fingerprint density at radius 3 is 2.86 bits per heavy atom. The quantitative estimate of drug-likeness (QED) is 0.732. The van der Waals surface area contributed by atoms with Gasteiger partial charge in [0.1, 0.15) is 5.75 Å². The van der Waals surface area contributed by atoms with E-state index in [0.717, 1.165) is 20.9 Å². The molecule has 3 rings (SSSR count). The van der Waals surface area contributed by atoms with Gasteiger partial charge in [-0.15, -0.1) is 0 Å². The third-order valence-corrected chi connectivity index (χ3v) is 3.95. The van der Waals surface area contributed by atoms with Crippen molar-refractivity contribution in [3.05, 3.63) is 69.2 Å². The number of hydrogen-bond acceptors (Lipinski definition) is 3. The van der Waals surface area contributed by atoms with E-state index in [4.69, 9.17) is 4.74 Å². The average molecular weight is 345 g/mol. The van der Waals surface area contributed by atoms with Gasteiger partial charge in [-0.3, -0.25) is 9.78 Å². The fourth-order valence-electron chi connectivity index (χ4n) is 2.29. The van der Waals surface area contributed by atoms with Crippen molar-refractivity contribution in [3.8, 4) is 5.75 Å². The van der Waals surface area contributed by atoms with Crippen molar-refractivity contribution in [1.29, 1.82) is 0 Å². The largest absolute Gasteiger partial charge is 0.495 e. The van der Waals surface area contributed by atoms with Crippen molar-refractivity contribution in [2.24, 2.45) is 0 Å². The predicted molar refractivity (Wildman–Crippen MR) is 85.8 cm³/mol. The molecule has 0 saturated heterocycles. The van der Waals surface area contributed by atoms with E-state index in [1.807, 2.05) is 30.3 Å². The van der Waals surface area contributed by atoms with Gasteiger partial charge in [-0.05, 0) is 45.1 Å². The molecule has 4 nitrogen and oxygen atoms in total. The van der Waals surface area contributed by atoms with Gasteiger partial charge in [-0.1, -0.05) is 6.07 Å². The second-order valence-electron chi connectivity index (χ2n) is 4.66. The summed E-state index contributed by atoms with van der Waals surface area (Å²) >= 11 is 3.47. The molecular formula is C16H13BrN2O2. The summed E-state index contributed by atoms with van der Waals surface area (Å²) in [5, 5.41) is 0.978. The summed E-state index contributed by atoms with van der Waals surface area (Å²) in [7, 11) is 1.61. The number of ether oxygens (including phenoxy) is 1. The van der Waals surface area contributed by atoms with Crippen molar-refractivity contribution in [2.45, 2.75) is 6.54 Å². The minimum absolute atomic E-state index is 0.0456. The van der Waals surface area contributed by atoms with Crippen molar-refractivity contribution in [3.63, 3.8) is 0 Å². The first-order valence-corrected chi connectivity index (χ1v) is 7.24. The number of pyridine rings is 2. The van der Waals surface area contributed by atoms with E-state index in [1.165, 1.54) is 0 Å². The summed E-state index contributed by atoms with van der Waals surface area (Å²) in [6, 6.07) is 11.0. The topological polar surface area (TPSA) is 44.1 Å². The molecule has 2 aromatic heterocycles. The van der Waals surface area contributed by atoms with Crippen LogP contribution in [0.1, 0.15) is 5.56 Å². The molecule has 0 unspecified atom stereocenters. The maximum atomic E-state index is 12.2. The molecule has 0 bridgehead atoms. The van der Waals surface area contributed by atoms with Gasteiger partial charge in [-0.25, -0.2) is 0 Å². The average Bonchev–Trinajstić information content (AvgIpc) is 2.51. The Kier molecular flexibility index (Phi) is 3.75. The minimum Gasteiger partial charge on any atom is -0.495 e. The molecule has 106 valence electrons. The smallest absolute Gasteiger partial charge is 0.251 e. The predicted octanol–water partition coefficient (Wildman–Crippen LogP) is 3.22. The summed E-state index contributed by atoms with van der Waals surface area (Å²) in [5.41, 5.74) is 1.77. The summed E-state index contributed by atoms with van der Waals surface area (Å²) in [6.07, 6.45) is 3.48. The number of benzene rings is 1. The lowest BCUT2D eigenvalue weighted by Crippen LogP contribution is -2.20. The van der Waals surface area contributed by atoms with E-state index in [1.54, 1.807) is 30.1 Å². The van der Waals surface area contributed by atoms with E-state index < -0.39 is 0 Å². The molecule has 0 radical (unpaired) electrons. The van der Waals surface area contributed by atoms with Gasteiger partial charge in [0.25, 0.3) is 5.56 Å². The molecule has 0 aliphatic carbocycles. The lowest BCUT2D eigenvalue weighted by molar-refractivity contribution is 0.412. The van der Waals surface area contributed by atoms with E-state index in [2.05, 4.69) is 20.9 Å². The first kappa shape index (κ1) is 13.8. The van der Waals surface area contributed by atoms with Gasteiger partial charge < -0.3 is 9.30 Å². The van der Waals surface area contributed by atoms with Crippen molar-refractivity contribution in [1.82, 2.24) is 9.55 Å². The molecule has 21 heavy (non-hydrogen) atoms. The second-order valence-corrected chi connectivity index (χ2v) is 5.52. The van der Waals surface area contributed by atoms with Crippen molar-refractivity contribution >= 4 is 26.8 Å². The zero-order valence-corrected chi connectivity index (χ0v) is 13.0. The maximum absolute atomic E-state index is 12.2. The van der Waals surface area contributed by atoms with Crippen LogP contribution in [0.3, 0.4) is 0 Å². The zero-order valence-electron chi connectivity index (χ0n) is 11.4. The van der Waals surface area contributed by atoms with Crippen LogP contribution in [0.5, 0.6) is 5.75 Å². The van der Waals surface area contributed by atoms with Crippen LogP contribution < -0.4 is 10.3 Å². The third-order valence-electron chi connectivity index (χ3n) is 3.33. The Labute approximate surface area is 130 Å². The van der Waals surface area contributed by atoms with Gasteiger partial charge in [0.05, 0.1) is 23.6 Å². The zero-order chi connectivity index (χ0) is 14.8. The number of aromatic nitrogens is 2. The normalized spacial score (nSPS) is 10.8. The number of fused-ring (bicyclic) bond motifs is 1. The Morgan fingerprint density at radius 2 is 2.14 bits per heavy atom. The fourth-order valence-corrected chi connectivity index (χ4v) is 2.81. The lowest BCUT2D eigenvalue weighted by atomic mass is 10.2. The monoisotopic (exact) mass is 344 g/mol. The SMILES string of the molecule is COc1cc2c(ccc(=O)n2Cc2cccnc2)cc1Br. The molecule has 0 saturated carbocycles. The van der Waals surface area contributed by atoms with Crippen LogP contribution in [0, 0.1) is 0 Å². The number of nitrogens with zero attached hydrogens (tertiary/aromatic N) is 2. The van der Waals surface area contributed by atoms with E-state index >= 15 is 0 Å². The van der Waals surface area contributed by atoms with Crippen LogP contribution in [0.25, 0.3) is 10.9 Å². The molecule has 5 heteroatoms. The van der Waals surface area contributed by atoms with E-state index in [0.29, 0.717) is 12.3 Å². The van der Waals surface area contributed by atoms with Crippen LogP contribution in [0.4, 0.5) is 0 Å². The van der Waals surface area contributed by atoms with Gasteiger partial charge in [0.2, 0.25) is 0 Å². The fraction of sp³-hybridized carbons (Fsp3) is 0.125. The van der Waals surface area contributed by atoms with Crippen LogP contribution in [-0.2, 0) is 6.54 Å². The van der Waals surface area contributed by atoms with Crippen LogP contribution >= 0.6 is 15.9 Å². The maximum Gasteiger partial charge on any atom is 0.251 e. The Hall–Kier alpha value is -2.14. The van der Waals surface area contributed by atoms with Gasteiger partial charge >= 0.3 is 0 Å². The number of rotatable bonds is 3. The van der Waals surface area contributed by atoms with Gasteiger partial charge in [0, 0.05) is 24.5 Å². The summed E-state index contributed by atoms with van der Waals surface area (Å²) in [4.78, 5) is 16.3. The highest BCUT2D eigenvalue weighted by atomic mass is 79.9. The first-order valence-electron chi connectivity index (χ1n) is 6.45. The Morgan fingerprint density at radius 1 is 1.29 bits per heavy atom. The lowest BCUT2D eigenvalue weighted by Gasteiger charge is -2.12. The van der Waals surface area contributed by atoms with E-state index in [-0.39, 0.29) is 5.56 Å². The molecule has 0 spiro atoms. The summed E-state index contributed by atoms with van der Waals surface area (Å²) in [6.45, 7) is 0.481. The summed E-state index contributed by atoms with van der Waals surface area (Å²) < 4.78 is 7.91. The molecule has 3 aromatic rings. The first-order chi connectivity index (χ1) is 10.2. The third kappa shape index (κ3) is 2.69. The number of hydrogen-bond donors (Lipinski definition) is 0. The van der Waals surface area contributed by atoms with Crippen molar-refractivity contribution in [2.75, 3.05) is 7.11 Å². The molecule has 0 N–H and O–H groups in total. The molecule has 0 aliphatic heterocycles. The second kappa shape index (κ2) is 5.69. The molecule has 0 fully saturated rings. The Bertz CT molecular complexity index is 844. The van der Waals surface area contributed by atoms with Crippen LogP contribution in [0.2, 0.25) is 0 Å².